The first-order chi connectivity index (χ1) is 7.08. The van der Waals surface area contributed by atoms with Crippen LogP contribution in [0.5, 0.6) is 0 Å². The van der Waals surface area contributed by atoms with Crippen LogP contribution in [0.1, 0.15) is 12.0 Å². The zero-order valence-electron chi connectivity index (χ0n) is 8.34. The molecule has 1 amide bonds. The summed E-state index contributed by atoms with van der Waals surface area (Å²) in [7, 11) is 0. The molecule has 0 N–H and O–H groups in total. The Balaban J connectivity index is 2.34. The van der Waals surface area contributed by atoms with Crippen LogP contribution in [-0.2, 0) is 4.79 Å². The van der Waals surface area contributed by atoms with Gasteiger partial charge in [-0.15, -0.1) is 11.6 Å². The van der Waals surface area contributed by atoms with Crippen molar-refractivity contribution in [2.24, 2.45) is 0 Å². The number of carbonyl (C=O) groups excluding carboxylic acids is 1. The Kier molecular flexibility index (Phi) is 2.65. The maximum Gasteiger partial charge on any atom is 0.228 e. The standard InChI is InChI=1S/C11H11ClFNO/c1-7-4-9(13)2-3-10(7)14-6-8(12)5-11(14)15/h2-4,8H,5-6H2,1H3. The number of rotatable bonds is 1. The van der Waals surface area contributed by atoms with Gasteiger partial charge in [0.25, 0.3) is 0 Å². The maximum atomic E-state index is 12.9. The van der Waals surface area contributed by atoms with Crippen LogP contribution >= 0.6 is 11.6 Å². The van der Waals surface area contributed by atoms with Gasteiger partial charge >= 0.3 is 0 Å². The lowest BCUT2D eigenvalue weighted by atomic mass is 10.2. The van der Waals surface area contributed by atoms with Gasteiger partial charge in [0.15, 0.2) is 0 Å². The molecule has 0 saturated carbocycles. The lowest BCUT2D eigenvalue weighted by molar-refractivity contribution is -0.117. The van der Waals surface area contributed by atoms with Crippen molar-refractivity contribution in [3.8, 4) is 0 Å². The van der Waals surface area contributed by atoms with Crippen LogP contribution in [0.25, 0.3) is 0 Å². The molecule has 15 heavy (non-hydrogen) atoms. The van der Waals surface area contributed by atoms with Crippen LogP contribution in [0.15, 0.2) is 18.2 Å². The van der Waals surface area contributed by atoms with E-state index in [1.54, 1.807) is 17.9 Å². The van der Waals surface area contributed by atoms with E-state index in [9.17, 15) is 9.18 Å². The van der Waals surface area contributed by atoms with Gasteiger partial charge in [0, 0.05) is 18.7 Å². The normalized spacial score (nSPS) is 21.1. The van der Waals surface area contributed by atoms with E-state index in [1.165, 1.54) is 12.1 Å². The summed E-state index contributed by atoms with van der Waals surface area (Å²) in [5.41, 5.74) is 1.51. The summed E-state index contributed by atoms with van der Waals surface area (Å²) in [6.45, 7) is 2.29. The largest absolute Gasteiger partial charge is 0.311 e. The van der Waals surface area contributed by atoms with Crippen molar-refractivity contribution in [1.82, 2.24) is 0 Å². The fourth-order valence-corrected chi connectivity index (χ4v) is 2.09. The summed E-state index contributed by atoms with van der Waals surface area (Å²) in [6, 6.07) is 4.40. The molecule has 4 heteroatoms. The van der Waals surface area contributed by atoms with Crippen molar-refractivity contribution in [1.29, 1.82) is 0 Å². The Morgan fingerprint density at radius 2 is 2.27 bits per heavy atom. The van der Waals surface area contributed by atoms with E-state index >= 15 is 0 Å². The van der Waals surface area contributed by atoms with Gasteiger partial charge in [-0.05, 0) is 30.7 Å². The van der Waals surface area contributed by atoms with E-state index in [-0.39, 0.29) is 17.1 Å². The van der Waals surface area contributed by atoms with Crippen LogP contribution in [0.2, 0.25) is 0 Å². The Morgan fingerprint density at radius 3 is 2.80 bits per heavy atom. The quantitative estimate of drug-likeness (QED) is 0.675. The van der Waals surface area contributed by atoms with Gasteiger partial charge in [-0.3, -0.25) is 4.79 Å². The summed E-state index contributed by atoms with van der Waals surface area (Å²) in [4.78, 5) is 13.2. The Bertz CT molecular complexity index is 408. The van der Waals surface area contributed by atoms with E-state index in [4.69, 9.17) is 11.6 Å². The molecule has 1 fully saturated rings. The molecule has 1 aromatic rings. The third-order valence-electron chi connectivity index (χ3n) is 2.53. The van der Waals surface area contributed by atoms with E-state index < -0.39 is 0 Å². The van der Waals surface area contributed by atoms with Crippen molar-refractivity contribution in [3.63, 3.8) is 0 Å². The smallest absolute Gasteiger partial charge is 0.228 e. The molecule has 0 radical (unpaired) electrons. The Labute approximate surface area is 92.6 Å². The zero-order valence-corrected chi connectivity index (χ0v) is 9.09. The number of nitrogens with zero attached hydrogens (tertiary/aromatic N) is 1. The minimum atomic E-state index is -0.287. The van der Waals surface area contributed by atoms with Gasteiger partial charge in [0.2, 0.25) is 5.91 Å². The first-order valence-corrected chi connectivity index (χ1v) is 5.22. The first kappa shape index (κ1) is 10.4. The monoisotopic (exact) mass is 227 g/mol. The number of hydrogen-bond acceptors (Lipinski definition) is 1. The van der Waals surface area contributed by atoms with Crippen LogP contribution in [0.4, 0.5) is 10.1 Å². The van der Waals surface area contributed by atoms with Crippen LogP contribution in [-0.4, -0.2) is 17.8 Å². The third kappa shape index (κ3) is 1.97. The number of amides is 1. The second-order valence-corrected chi connectivity index (χ2v) is 4.35. The SMILES string of the molecule is Cc1cc(F)ccc1N1CC(Cl)CC1=O. The lowest BCUT2D eigenvalue weighted by Crippen LogP contribution is -2.25. The zero-order chi connectivity index (χ0) is 11.0. The average molecular weight is 228 g/mol. The molecule has 1 aromatic carbocycles. The fourth-order valence-electron chi connectivity index (χ4n) is 1.82. The van der Waals surface area contributed by atoms with Crippen molar-refractivity contribution in [3.05, 3.63) is 29.6 Å². The number of benzene rings is 1. The molecule has 1 unspecified atom stereocenters. The molecule has 1 atom stereocenters. The highest BCUT2D eigenvalue weighted by molar-refractivity contribution is 6.24. The molecule has 1 heterocycles. The molecule has 0 bridgehead atoms. The van der Waals surface area contributed by atoms with Gasteiger partial charge in [-0.2, -0.15) is 0 Å². The summed E-state index contributed by atoms with van der Waals surface area (Å²) in [5, 5.41) is -0.137. The van der Waals surface area contributed by atoms with Crippen molar-refractivity contribution in [2.75, 3.05) is 11.4 Å². The molecule has 2 rings (SSSR count). The van der Waals surface area contributed by atoms with E-state index in [0.29, 0.717) is 13.0 Å². The molecular weight excluding hydrogens is 217 g/mol. The van der Waals surface area contributed by atoms with Gasteiger partial charge in [0.1, 0.15) is 5.82 Å². The summed E-state index contributed by atoms with van der Waals surface area (Å²) in [5.74, 6) is -0.282. The highest BCUT2D eigenvalue weighted by Gasteiger charge is 2.29. The molecule has 0 aliphatic carbocycles. The van der Waals surface area contributed by atoms with Crippen LogP contribution < -0.4 is 4.90 Å². The third-order valence-corrected chi connectivity index (χ3v) is 2.82. The van der Waals surface area contributed by atoms with Gasteiger partial charge in [-0.1, -0.05) is 0 Å². The van der Waals surface area contributed by atoms with Crippen molar-refractivity contribution < 1.29 is 9.18 Å². The highest BCUT2D eigenvalue weighted by atomic mass is 35.5. The predicted molar refractivity (Wildman–Crippen MR) is 57.7 cm³/mol. The van der Waals surface area contributed by atoms with E-state index in [1.807, 2.05) is 0 Å². The molecule has 2 nitrogen and oxygen atoms in total. The predicted octanol–water partition coefficient (Wildman–Crippen LogP) is 2.48. The molecule has 1 aliphatic heterocycles. The van der Waals surface area contributed by atoms with Crippen molar-refractivity contribution >= 4 is 23.2 Å². The second kappa shape index (κ2) is 3.81. The van der Waals surface area contributed by atoms with Crippen LogP contribution in [0, 0.1) is 12.7 Å². The van der Waals surface area contributed by atoms with E-state index in [2.05, 4.69) is 0 Å². The second-order valence-electron chi connectivity index (χ2n) is 3.74. The topological polar surface area (TPSA) is 20.3 Å². The number of halogens is 2. The number of hydrogen-bond donors (Lipinski definition) is 0. The summed E-state index contributed by atoms with van der Waals surface area (Å²) >= 11 is 5.90. The molecule has 80 valence electrons. The number of anilines is 1. The average Bonchev–Trinajstić information content (AvgIpc) is 2.45. The maximum absolute atomic E-state index is 12.9. The minimum Gasteiger partial charge on any atom is -0.311 e. The van der Waals surface area contributed by atoms with Gasteiger partial charge in [0.05, 0.1) is 5.38 Å². The Hall–Kier alpha value is -1.09. The molecule has 0 spiro atoms. The van der Waals surface area contributed by atoms with Gasteiger partial charge in [-0.25, -0.2) is 4.39 Å². The number of carbonyl (C=O) groups is 1. The Morgan fingerprint density at radius 1 is 1.53 bits per heavy atom. The molecule has 0 aromatic heterocycles. The lowest BCUT2D eigenvalue weighted by Gasteiger charge is -2.18. The van der Waals surface area contributed by atoms with Crippen molar-refractivity contribution in [2.45, 2.75) is 18.7 Å². The molecular formula is C11H11ClFNO. The number of alkyl halides is 1. The van der Waals surface area contributed by atoms with Crippen LogP contribution in [0.3, 0.4) is 0 Å². The van der Waals surface area contributed by atoms with Gasteiger partial charge < -0.3 is 4.90 Å². The summed E-state index contributed by atoms with van der Waals surface area (Å²) < 4.78 is 12.9. The minimum absolute atomic E-state index is 0.00436. The number of aryl methyl sites for hydroxylation is 1. The highest BCUT2D eigenvalue weighted by Crippen LogP contribution is 2.27. The van der Waals surface area contributed by atoms with E-state index in [0.717, 1.165) is 11.3 Å². The molecule has 1 saturated heterocycles. The fraction of sp³-hybridized carbons (Fsp3) is 0.364. The first-order valence-electron chi connectivity index (χ1n) is 4.78. The summed E-state index contributed by atoms with van der Waals surface area (Å²) in [6.07, 6.45) is 0.359. The molecule has 1 aliphatic rings.